The van der Waals surface area contributed by atoms with Gasteiger partial charge in [-0.25, -0.2) is 0 Å². The second-order valence-corrected chi connectivity index (χ2v) is 8.32. The van der Waals surface area contributed by atoms with Crippen LogP contribution in [0.4, 0.5) is 5.69 Å². The summed E-state index contributed by atoms with van der Waals surface area (Å²) < 4.78 is 5.93. The zero-order valence-electron chi connectivity index (χ0n) is 19.3. The second-order valence-electron chi connectivity index (χ2n) is 8.32. The van der Waals surface area contributed by atoms with Crippen molar-refractivity contribution in [3.8, 4) is 5.75 Å². The van der Waals surface area contributed by atoms with Crippen molar-refractivity contribution in [3.63, 3.8) is 0 Å². The minimum Gasteiger partial charge on any atom is -0.489 e. The molecule has 2 aromatic rings. The third kappa shape index (κ3) is 7.00. The molecule has 1 heterocycles. The summed E-state index contributed by atoms with van der Waals surface area (Å²) >= 11 is 0. The van der Waals surface area contributed by atoms with Gasteiger partial charge in [-0.1, -0.05) is 36.8 Å². The number of ether oxygens (including phenoxy) is 1. The molecular formula is C26H37N3O2. The summed E-state index contributed by atoms with van der Waals surface area (Å²) in [5.41, 5.74) is 3.68. The van der Waals surface area contributed by atoms with Crippen LogP contribution in [0.1, 0.15) is 37.8 Å². The lowest BCUT2D eigenvalue weighted by Crippen LogP contribution is -2.47. The highest BCUT2D eigenvalue weighted by Crippen LogP contribution is 2.21. The molecule has 1 amide bonds. The van der Waals surface area contributed by atoms with Gasteiger partial charge >= 0.3 is 0 Å². The van der Waals surface area contributed by atoms with Gasteiger partial charge in [0, 0.05) is 57.9 Å². The lowest BCUT2D eigenvalue weighted by Gasteiger charge is -2.36. The average molecular weight is 424 g/mol. The maximum absolute atomic E-state index is 12.4. The fourth-order valence-electron chi connectivity index (χ4n) is 3.97. The van der Waals surface area contributed by atoms with Crippen LogP contribution < -0.4 is 9.64 Å². The van der Waals surface area contributed by atoms with Crippen LogP contribution >= 0.6 is 0 Å². The summed E-state index contributed by atoms with van der Waals surface area (Å²) in [6.07, 6.45) is 1.65. The summed E-state index contributed by atoms with van der Waals surface area (Å²) in [7, 11) is 0. The number of nitrogens with zero attached hydrogens (tertiary/aromatic N) is 3. The van der Waals surface area contributed by atoms with Crippen LogP contribution in [-0.4, -0.2) is 61.5 Å². The molecule has 0 atom stereocenters. The number of hydrogen-bond donors (Lipinski definition) is 0. The molecule has 5 nitrogen and oxygen atoms in total. The molecule has 0 radical (unpaired) electrons. The van der Waals surface area contributed by atoms with Crippen LogP contribution in [0.3, 0.4) is 0 Å². The molecule has 1 aliphatic heterocycles. The predicted octanol–water partition coefficient (Wildman–Crippen LogP) is 4.34. The van der Waals surface area contributed by atoms with Gasteiger partial charge in [-0.2, -0.15) is 0 Å². The number of rotatable bonds is 10. The van der Waals surface area contributed by atoms with E-state index in [4.69, 9.17) is 4.74 Å². The van der Waals surface area contributed by atoms with Crippen molar-refractivity contribution in [1.29, 1.82) is 0 Å². The number of amides is 1. The normalized spacial score (nSPS) is 14.5. The fraction of sp³-hybridized carbons (Fsp3) is 0.500. The molecule has 5 heteroatoms. The van der Waals surface area contributed by atoms with Gasteiger partial charge in [0.15, 0.2) is 0 Å². The van der Waals surface area contributed by atoms with Crippen molar-refractivity contribution >= 4 is 11.6 Å². The first-order chi connectivity index (χ1) is 15.1. The standard InChI is InChI=1S/C26H37N3O2/c1-4-15-28(5-2)26(30)14-16-27-17-19-29(20-18-27)24-10-12-25(13-11-24)31-21-23-8-6-22(3)7-9-23/h6-13H,4-5,14-21H2,1-3H3. The number of anilines is 1. The van der Waals surface area contributed by atoms with Crippen LogP contribution in [0.2, 0.25) is 0 Å². The van der Waals surface area contributed by atoms with Gasteiger partial charge in [0.05, 0.1) is 0 Å². The Morgan fingerprint density at radius 3 is 2.26 bits per heavy atom. The SMILES string of the molecule is CCCN(CC)C(=O)CCN1CCN(c2ccc(OCc3ccc(C)cc3)cc2)CC1. The van der Waals surface area contributed by atoms with Crippen LogP contribution in [0.25, 0.3) is 0 Å². The zero-order valence-corrected chi connectivity index (χ0v) is 19.3. The molecule has 0 spiro atoms. The Balaban J connectivity index is 1.41. The average Bonchev–Trinajstić information content (AvgIpc) is 2.81. The van der Waals surface area contributed by atoms with Gasteiger partial charge in [0.1, 0.15) is 12.4 Å². The maximum Gasteiger partial charge on any atom is 0.223 e. The lowest BCUT2D eigenvalue weighted by atomic mass is 10.2. The number of carbonyl (C=O) groups is 1. The van der Waals surface area contributed by atoms with E-state index in [9.17, 15) is 4.79 Å². The quantitative estimate of drug-likeness (QED) is 0.569. The Labute approximate surface area is 187 Å². The molecule has 3 rings (SSSR count). The summed E-state index contributed by atoms with van der Waals surface area (Å²) in [4.78, 5) is 19.2. The van der Waals surface area contributed by atoms with E-state index in [0.29, 0.717) is 13.0 Å². The maximum atomic E-state index is 12.4. The third-order valence-corrected chi connectivity index (χ3v) is 5.97. The number of benzene rings is 2. The number of carbonyl (C=O) groups excluding carboxylic acids is 1. The minimum atomic E-state index is 0.285. The van der Waals surface area contributed by atoms with Gasteiger partial charge in [-0.05, 0) is 50.1 Å². The molecule has 0 bridgehead atoms. The van der Waals surface area contributed by atoms with Crippen LogP contribution in [0.5, 0.6) is 5.75 Å². The molecule has 168 valence electrons. The number of hydrogen-bond acceptors (Lipinski definition) is 4. The summed E-state index contributed by atoms with van der Waals surface area (Å²) in [5, 5.41) is 0. The molecule has 31 heavy (non-hydrogen) atoms. The van der Waals surface area contributed by atoms with Crippen LogP contribution in [0.15, 0.2) is 48.5 Å². The van der Waals surface area contributed by atoms with Gasteiger partial charge in [0.25, 0.3) is 0 Å². The van der Waals surface area contributed by atoms with E-state index in [-0.39, 0.29) is 5.91 Å². The predicted molar refractivity (Wildman–Crippen MR) is 128 cm³/mol. The molecular weight excluding hydrogens is 386 g/mol. The lowest BCUT2D eigenvalue weighted by molar-refractivity contribution is -0.131. The van der Waals surface area contributed by atoms with Crippen LogP contribution in [-0.2, 0) is 11.4 Å². The number of aryl methyl sites for hydroxylation is 1. The van der Waals surface area contributed by atoms with Gasteiger partial charge in [0.2, 0.25) is 5.91 Å². The molecule has 1 saturated heterocycles. The molecule has 1 fully saturated rings. The van der Waals surface area contributed by atoms with Crippen molar-refractivity contribution in [2.45, 2.75) is 40.2 Å². The van der Waals surface area contributed by atoms with Crippen molar-refractivity contribution < 1.29 is 9.53 Å². The first-order valence-electron chi connectivity index (χ1n) is 11.6. The Morgan fingerprint density at radius 2 is 1.65 bits per heavy atom. The van der Waals surface area contributed by atoms with Crippen molar-refractivity contribution in [2.75, 3.05) is 50.7 Å². The fourth-order valence-corrected chi connectivity index (χ4v) is 3.97. The largest absolute Gasteiger partial charge is 0.489 e. The van der Waals surface area contributed by atoms with Gasteiger partial charge in [-0.15, -0.1) is 0 Å². The Morgan fingerprint density at radius 1 is 0.968 bits per heavy atom. The van der Waals surface area contributed by atoms with E-state index in [1.807, 2.05) is 4.90 Å². The van der Waals surface area contributed by atoms with E-state index in [1.165, 1.54) is 16.8 Å². The van der Waals surface area contributed by atoms with E-state index < -0.39 is 0 Å². The van der Waals surface area contributed by atoms with Gasteiger partial charge < -0.3 is 14.5 Å². The van der Waals surface area contributed by atoms with E-state index >= 15 is 0 Å². The second kappa shape index (κ2) is 11.8. The smallest absolute Gasteiger partial charge is 0.223 e. The summed E-state index contributed by atoms with van der Waals surface area (Å²) in [5.74, 6) is 1.18. The monoisotopic (exact) mass is 423 g/mol. The summed E-state index contributed by atoms with van der Waals surface area (Å²) in [6, 6.07) is 16.9. The van der Waals surface area contributed by atoms with Crippen LogP contribution in [0, 0.1) is 6.92 Å². The van der Waals surface area contributed by atoms with E-state index in [1.54, 1.807) is 0 Å². The molecule has 0 unspecified atom stereocenters. The highest BCUT2D eigenvalue weighted by Gasteiger charge is 2.19. The zero-order chi connectivity index (χ0) is 22.1. The molecule has 0 saturated carbocycles. The van der Waals surface area contributed by atoms with E-state index in [2.05, 4.69) is 79.1 Å². The Bertz CT molecular complexity index is 796. The molecule has 1 aliphatic rings. The van der Waals surface area contributed by atoms with Crippen molar-refractivity contribution in [2.24, 2.45) is 0 Å². The molecule has 0 aliphatic carbocycles. The third-order valence-electron chi connectivity index (χ3n) is 5.97. The number of piperazine rings is 1. The first kappa shape index (κ1) is 23.1. The van der Waals surface area contributed by atoms with Gasteiger partial charge in [-0.3, -0.25) is 9.69 Å². The topological polar surface area (TPSA) is 36.0 Å². The highest BCUT2D eigenvalue weighted by molar-refractivity contribution is 5.76. The minimum absolute atomic E-state index is 0.285. The van der Waals surface area contributed by atoms with Crippen molar-refractivity contribution in [1.82, 2.24) is 9.80 Å². The highest BCUT2D eigenvalue weighted by atomic mass is 16.5. The molecule has 0 N–H and O–H groups in total. The molecule has 0 aromatic heterocycles. The molecule has 2 aromatic carbocycles. The van der Waals surface area contributed by atoms with Crippen molar-refractivity contribution in [3.05, 3.63) is 59.7 Å². The Kier molecular flexibility index (Phi) is 8.77. The Hall–Kier alpha value is -2.53. The van der Waals surface area contributed by atoms with E-state index in [0.717, 1.165) is 58.0 Å². The first-order valence-corrected chi connectivity index (χ1v) is 11.6. The summed E-state index contributed by atoms with van der Waals surface area (Å²) in [6.45, 7) is 13.4.